The first-order chi connectivity index (χ1) is 14.9. The Labute approximate surface area is 187 Å². The van der Waals surface area contributed by atoms with Gasteiger partial charge in [-0.2, -0.15) is 0 Å². The third-order valence-electron chi connectivity index (χ3n) is 6.33. The first-order valence-corrected chi connectivity index (χ1v) is 11.0. The molecule has 3 aromatic heterocycles. The lowest BCUT2D eigenvalue weighted by Crippen LogP contribution is -2.41. The van der Waals surface area contributed by atoms with Crippen molar-refractivity contribution in [1.82, 2.24) is 19.9 Å². The molecule has 0 saturated heterocycles. The van der Waals surface area contributed by atoms with E-state index in [-0.39, 0.29) is 11.8 Å². The van der Waals surface area contributed by atoms with E-state index in [4.69, 9.17) is 11.6 Å². The summed E-state index contributed by atoms with van der Waals surface area (Å²) in [6.07, 6.45) is -0.132. The van der Waals surface area contributed by atoms with Crippen LogP contribution in [0, 0.1) is 23.2 Å². The monoisotopic (exact) mass is 457 g/mol. The average Bonchev–Trinajstić information content (AvgIpc) is 3.02. The number of nitrogens with one attached hydrogen (secondary N) is 2. The van der Waals surface area contributed by atoms with Crippen molar-refractivity contribution in [3.8, 4) is 11.8 Å². The van der Waals surface area contributed by atoms with Crippen molar-refractivity contribution in [2.45, 2.75) is 24.7 Å². The third-order valence-corrected chi connectivity index (χ3v) is 7.48. The number of carbonyl (C=O) groups is 1. The molecule has 2 aliphatic rings. The molecule has 0 aromatic carbocycles. The SMILES string of the molecule is CNC(=O)[C@]12C[C@@H]1[C@@H](n1cnc3c(NC)cc(C#Cc4ccc(Cl)s4)nc31)[C@@H](O)C2O. The predicted octanol–water partition coefficient (Wildman–Crippen LogP) is 1.62. The van der Waals surface area contributed by atoms with E-state index in [1.165, 1.54) is 18.4 Å². The van der Waals surface area contributed by atoms with Crippen molar-refractivity contribution >= 4 is 45.7 Å². The maximum atomic E-state index is 12.4. The number of carbonyl (C=O) groups excluding carboxylic acids is 1. The van der Waals surface area contributed by atoms with E-state index in [2.05, 4.69) is 32.4 Å². The highest BCUT2D eigenvalue weighted by molar-refractivity contribution is 7.16. The number of anilines is 1. The Morgan fingerprint density at radius 2 is 2.16 bits per heavy atom. The summed E-state index contributed by atoms with van der Waals surface area (Å²) in [6, 6.07) is 4.95. The number of rotatable bonds is 3. The van der Waals surface area contributed by atoms with Crippen molar-refractivity contribution < 1.29 is 15.0 Å². The molecule has 0 spiro atoms. The predicted molar refractivity (Wildman–Crippen MR) is 118 cm³/mol. The smallest absolute Gasteiger partial charge is 0.229 e. The molecule has 160 valence electrons. The third kappa shape index (κ3) is 2.94. The van der Waals surface area contributed by atoms with Crippen LogP contribution in [0.4, 0.5) is 5.69 Å². The summed E-state index contributed by atoms with van der Waals surface area (Å²) in [5.41, 5.74) is 1.49. The lowest BCUT2D eigenvalue weighted by Gasteiger charge is -2.23. The van der Waals surface area contributed by atoms with Gasteiger partial charge in [0.1, 0.15) is 17.3 Å². The maximum absolute atomic E-state index is 12.4. The van der Waals surface area contributed by atoms with Gasteiger partial charge in [-0.05, 0) is 36.5 Å². The fourth-order valence-corrected chi connectivity index (χ4v) is 5.67. The molecule has 2 saturated carbocycles. The normalized spacial score (nSPS) is 28.7. The minimum Gasteiger partial charge on any atom is -0.389 e. The average molecular weight is 458 g/mol. The van der Waals surface area contributed by atoms with Crippen molar-refractivity contribution in [3.05, 3.63) is 39.4 Å². The molecule has 0 radical (unpaired) electrons. The van der Waals surface area contributed by atoms with Crippen molar-refractivity contribution in [2.75, 3.05) is 19.4 Å². The van der Waals surface area contributed by atoms with Gasteiger partial charge in [0, 0.05) is 20.0 Å². The topological polar surface area (TPSA) is 112 Å². The minimum atomic E-state index is -1.14. The Balaban J connectivity index is 1.58. The summed E-state index contributed by atoms with van der Waals surface area (Å²) >= 11 is 7.36. The summed E-state index contributed by atoms with van der Waals surface area (Å²) in [5.74, 6) is 5.68. The Kier molecular flexibility index (Phi) is 4.71. The first kappa shape index (κ1) is 20.3. The number of thiophene rings is 1. The van der Waals surface area contributed by atoms with Gasteiger partial charge in [0.25, 0.3) is 0 Å². The van der Waals surface area contributed by atoms with Gasteiger partial charge >= 0.3 is 0 Å². The molecule has 2 fully saturated rings. The van der Waals surface area contributed by atoms with Crippen LogP contribution in [0.2, 0.25) is 4.34 Å². The van der Waals surface area contributed by atoms with Gasteiger partial charge in [0.15, 0.2) is 5.65 Å². The number of fused-ring (bicyclic) bond motifs is 2. The van der Waals surface area contributed by atoms with Crippen LogP contribution in [-0.2, 0) is 4.79 Å². The number of aromatic nitrogens is 3. The highest BCUT2D eigenvalue weighted by Gasteiger charge is 2.75. The number of hydrogen-bond donors (Lipinski definition) is 4. The number of halogens is 1. The standard InChI is InChI=1S/C21H20ClN5O3S/c1-23-13-7-10(3-4-11-5-6-14(22)31-11)26-19-15(13)25-9-27(19)16-12-8-21(12,20(30)24-2)18(29)17(16)28/h5-7,9,12,16-18,28-29H,8H2,1-2H3,(H,23,26)(H,24,30)/t12-,16-,17-,18?,21-/m1/s1. The highest BCUT2D eigenvalue weighted by Crippen LogP contribution is 2.67. The molecule has 3 aromatic rings. The second-order valence-electron chi connectivity index (χ2n) is 7.84. The number of imidazole rings is 1. The lowest BCUT2D eigenvalue weighted by molar-refractivity contribution is -0.132. The molecule has 10 heteroatoms. The Morgan fingerprint density at radius 3 is 2.84 bits per heavy atom. The molecule has 0 aliphatic heterocycles. The van der Waals surface area contributed by atoms with Crippen LogP contribution in [0.25, 0.3) is 11.2 Å². The minimum absolute atomic E-state index is 0.197. The Hall–Kier alpha value is -2.64. The zero-order chi connectivity index (χ0) is 21.9. The van der Waals surface area contributed by atoms with Crippen molar-refractivity contribution in [2.24, 2.45) is 11.3 Å². The number of aliphatic hydroxyl groups excluding tert-OH is 2. The lowest BCUT2D eigenvalue weighted by atomic mass is 9.98. The molecule has 31 heavy (non-hydrogen) atoms. The van der Waals surface area contributed by atoms with Crippen LogP contribution < -0.4 is 10.6 Å². The molecule has 3 heterocycles. The van der Waals surface area contributed by atoms with E-state index < -0.39 is 23.7 Å². The van der Waals surface area contributed by atoms with E-state index >= 15 is 0 Å². The van der Waals surface area contributed by atoms with Crippen LogP contribution in [-0.4, -0.2) is 57.0 Å². The second kappa shape index (κ2) is 7.21. The fraction of sp³-hybridized carbons (Fsp3) is 0.381. The van der Waals surface area contributed by atoms with Gasteiger partial charge in [0.05, 0.1) is 38.8 Å². The van der Waals surface area contributed by atoms with E-state index in [1.54, 1.807) is 24.0 Å². The number of hydrogen-bond acceptors (Lipinski definition) is 7. The summed E-state index contributed by atoms with van der Waals surface area (Å²) in [6.45, 7) is 0. The molecule has 0 bridgehead atoms. The van der Waals surface area contributed by atoms with Gasteiger partial charge in [-0.3, -0.25) is 4.79 Å². The van der Waals surface area contributed by atoms with Gasteiger partial charge in [0.2, 0.25) is 5.91 Å². The molecule has 5 atom stereocenters. The fourth-order valence-electron chi connectivity index (χ4n) is 4.77. The Morgan fingerprint density at radius 1 is 1.35 bits per heavy atom. The summed E-state index contributed by atoms with van der Waals surface area (Å²) in [5, 5.41) is 27.2. The van der Waals surface area contributed by atoms with Crippen LogP contribution in [0.1, 0.15) is 23.0 Å². The van der Waals surface area contributed by atoms with E-state index in [1.807, 2.05) is 12.1 Å². The number of nitrogens with zero attached hydrogens (tertiary/aromatic N) is 3. The number of aliphatic hydroxyl groups is 2. The largest absolute Gasteiger partial charge is 0.389 e. The van der Waals surface area contributed by atoms with Gasteiger partial charge in [-0.15, -0.1) is 11.3 Å². The molecular weight excluding hydrogens is 438 g/mol. The zero-order valence-electron chi connectivity index (χ0n) is 16.8. The molecular formula is C21H20ClN5O3S. The van der Waals surface area contributed by atoms with E-state index in [0.717, 1.165) is 10.6 Å². The van der Waals surface area contributed by atoms with Crippen LogP contribution in [0.5, 0.6) is 0 Å². The highest BCUT2D eigenvalue weighted by atomic mass is 35.5. The zero-order valence-corrected chi connectivity index (χ0v) is 18.3. The number of pyridine rings is 1. The molecule has 1 unspecified atom stereocenters. The summed E-state index contributed by atoms with van der Waals surface area (Å²) < 4.78 is 2.43. The second-order valence-corrected chi connectivity index (χ2v) is 9.55. The van der Waals surface area contributed by atoms with Crippen LogP contribution in [0.15, 0.2) is 24.5 Å². The van der Waals surface area contributed by atoms with Gasteiger partial charge in [-0.25, -0.2) is 9.97 Å². The van der Waals surface area contributed by atoms with E-state index in [9.17, 15) is 15.0 Å². The van der Waals surface area contributed by atoms with Crippen molar-refractivity contribution in [3.63, 3.8) is 0 Å². The molecule has 4 N–H and O–H groups in total. The van der Waals surface area contributed by atoms with Crippen LogP contribution in [0.3, 0.4) is 0 Å². The molecule has 5 rings (SSSR count). The molecule has 2 aliphatic carbocycles. The quantitative estimate of drug-likeness (QED) is 0.445. The summed E-state index contributed by atoms with van der Waals surface area (Å²) in [4.78, 5) is 22.4. The number of amides is 1. The van der Waals surface area contributed by atoms with Gasteiger partial charge in [-0.1, -0.05) is 11.6 Å². The van der Waals surface area contributed by atoms with E-state index in [0.29, 0.717) is 27.6 Å². The van der Waals surface area contributed by atoms with Gasteiger partial charge < -0.3 is 25.4 Å². The molecule has 8 nitrogen and oxygen atoms in total. The molecule has 1 amide bonds. The first-order valence-electron chi connectivity index (χ1n) is 9.81. The van der Waals surface area contributed by atoms with Crippen molar-refractivity contribution in [1.29, 1.82) is 0 Å². The van der Waals surface area contributed by atoms with Crippen LogP contribution >= 0.6 is 22.9 Å². The maximum Gasteiger partial charge on any atom is 0.229 e. The Bertz CT molecular complexity index is 1260. The summed E-state index contributed by atoms with van der Waals surface area (Å²) in [7, 11) is 3.33.